The zero-order valence-corrected chi connectivity index (χ0v) is 34.3. The molecule has 2 aromatic heterocycles. The summed E-state index contributed by atoms with van der Waals surface area (Å²) in [6.07, 6.45) is 0. The number of amidine groups is 1. The second kappa shape index (κ2) is 15.2. The van der Waals surface area contributed by atoms with Gasteiger partial charge in [0, 0.05) is 64.3 Å². The molecule has 288 valence electrons. The summed E-state index contributed by atoms with van der Waals surface area (Å²) in [5.41, 5.74) is 12.7. The van der Waals surface area contributed by atoms with E-state index < -0.39 is 0 Å². The first kappa shape index (κ1) is 36.4. The van der Waals surface area contributed by atoms with E-state index in [9.17, 15) is 0 Å². The minimum absolute atomic E-state index is 0.567. The lowest BCUT2D eigenvalue weighted by atomic mass is 9.95. The molecular formula is C57H38N2OS. The summed E-state index contributed by atoms with van der Waals surface area (Å²) in [4.78, 5) is 10.8. The number of furan rings is 1. The van der Waals surface area contributed by atoms with Gasteiger partial charge in [-0.25, -0.2) is 9.98 Å². The molecule has 0 aliphatic rings. The van der Waals surface area contributed by atoms with Crippen LogP contribution in [0.2, 0.25) is 0 Å². The third-order valence-electron chi connectivity index (χ3n) is 11.7. The highest BCUT2D eigenvalue weighted by Crippen LogP contribution is 2.43. The molecule has 0 amide bonds. The van der Waals surface area contributed by atoms with Crippen molar-refractivity contribution in [3.8, 4) is 33.4 Å². The van der Waals surface area contributed by atoms with Crippen molar-refractivity contribution in [1.29, 1.82) is 0 Å². The highest BCUT2D eigenvalue weighted by molar-refractivity contribution is 7.26. The van der Waals surface area contributed by atoms with Crippen LogP contribution in [0.15, 0.2) is 221 Å². The molecule has 11 rings (SSSR count). The minimum atomic E-state index is 0.567. The van der Waals surface area contributed by atoms with Crippen molar-refractivity contribution >= 4 is 81.5 Å². The van der Waals surface area contributed by atoms with Gasteiger partial charge in [-0.3, -0.25) is 0 Å². The SMILES string of the molecule is C=C(N=C(N=C(C)c1ccccc1-c1cccc2c1sc1ccccc12)c1cc2ccccc2c2oc3c(-c4ccc(-c5ccccc5)cc4)cccc3c12)c1ccccc1. The predicted molar refractivity (Wildman–Crippen MR) is 261 cm³/mol. The monoisotopic (exact) mass is 798 g/mol. The molecule has 0 N–H and O–H groups in total. The maximum atomic E-state index is 7.05. The normalized spacial score (nSPS) is 12.3. The van der Waals surface area contributed by atoms with E-state index in [1.165, 1.54) is 36.9 Å². The third kappa shape index (κ3) is 6.46. The lowest BCUT2D eigenvalue weighted by molar-refractivity contribution is 0.673. The van der Waals surface area contributed by atoms with Gasteiger partial charge in [-0.15, -0.1) is 11.3 Å². The van der Waals surface area contributed by atoms with Gasteiger partial charge in [-0.2, -0.15) is 0 Å². The summed E-state index contributed by atoms with van der Waals surface area (Å²) in [5.74, 6) is 0.567. The van der Waals surface area contributed by atoms with Crippen molar-refractivity contribution in [3.05, 3.63) is 223 Å². The van der Waals surface area contributed by atoms with Gasteiger partial charge in [0.2, 0.25) is 0 Å². The minimum Gasteiger partial charge on any atom is -0.455 e. The molecule has 0 unspecified atom stereocenters. The van der Waals surface area contributed by atoms with Crippen molar-refractivity contribution in [2.75, 3.05) is 0 Å². The summed E-state index contributed by atoms with van der Waals surface area (Å²) >= 11 is 1.84. The average Bonchev–Trinajstić information content (AvgIpc) is 3.91. The van der Waals surface area contributed by atoms with Gasteiger partial charge in [0.15, 0.2) is 5.84 Å². The van der Waals surface area contributed by atoms with Crippen LogP contribution in [0.3, 0.4) is 0 Å². The topological polar surface area (TPSA) is 37.9 Å². The van der Waals surface area contributed by atoms with E-state index in [0.717, 1.165) is 71.8 Å². The van der Waals surface area contributed by atoms with Crippen molar-refractivity contribution in [1.82, 2.24) is 0 Å². The zero-order valence-electron chi connectivity index (χ0n) is 33.5. The molecule has 4 heteroatoms. The Morgan fingerprint density at radius 3 is 1.90 bits per heavy atom. The zero-order chi connectivity index (χ0) is 40.9. The number of para-hydroxylation sites is 1. The van der Waals surface area contributed by atoms with E-state index in [4.69, 9.17) is 14.4 Å². The van der Waals surface area contributed by atoms with Gasteiger partial charge in [-0.1, -0.05) is 195 Å². The number of thiophene rings is 1. The maximum absolute atomic E-state index is 7.05. The predicted octanol–water partition coefficient (Wildman–Crippen LogP) is 16.0. The molecule has 2 heterocycles. The molecule has 0 saturated carbocycles. The van der Waals surface area contributed by atoms with Crippen LogP contribution < -0.4 is 0 Å². The molecule has 0 spiro atoms. The summed E-state index contributed by atoms with van der Waals surface area (Å²) < 4.78 is 9.60. The van der Waals surface area contributed by atoms with E-state index in [-0.39, 0.29) is 0 Å². The van der Waals surface area contributed by atoms with E-state index >= 15 is 0 Å². The third-order valence-corrected chi connectivity index (χ3v) is 12.9. The second-order valence-electron chi connectivity index (χ2n) is 15.3. The molecule has 9 aromatic carbocycles. The second-order valence-corrected chi connectivity index (χ2v) is 16.4. The lowest BCUT2D eigenvalue weighted by Crippen LogP contribution is -2.06. The molecule has 0 fully saturated rings. The standard InChI is InChI=1S/C57H38N2OS/c1-36(38-17-5-3-6-18-38)58-57(59-37(2)43-22-11-12-24-46(43)48-27-16-28-49-47-25-13-14-30-52(47)61-56(48)49)51-35-42-21-9-10-23-45(42)55-53(51)50-29-15-26-44(54(50)60-55)41-33-31-40(32-34-41)39-19-7-4-8-20-39/h3-35H,1H2,2H3. The Labute approximate surface area is 357 Å². The van der Waals surface area contributed by atoms with Gasteiger partial charge >= 0.3 is 0 Å². The quantitative estimate of drug-likeness (QED) is 0.117. The van der Waals surface area contributed by atoms with Crippen molar-refractivity contribution in [2.24, 2.45) is 9.98 Å². The number of aliphatic imine (C=N–C) groups is 2. The average molecular weight is 799 g/mol. The van der Waals surface area contributed by atoms with Crippen LogP contribution >= 0.6 is 11.3 Å². The summed E-state index contributed by atoms with van der Waals surface area (Å²) in [6, 6.07) is 70.2. The molecule has 0 aliphatic heterocycles. The van der Waals surface area contributed by atoms with Gasteiger partial charge in [0.25, 0.3) is 0 Å². The fourth-order valence-corrected chi connectivity index (χ4v) is 9.92. The fourth-order valence-electron chi connectivity index (χ4n) is 8.69. The number of rotatable bonds is 7. The van der Waals surface area contributed by atoms with Crippen LogP contribution in [0, 0.1) is 0 Å². The van der Waals surface area contributed by atoms with Crippen LogP contribution in [-0.4, -0.2) is 11.5 Å². The highest BCUT2D eigenvalue weighted by atomic mass is 32.1. The van der Waals surface area contributed by atoms with E-state index in [1.807, 2.05) is 47.7 Å². The molecule has 0 saturated heterocycles. The van der Waals surface area contributed by atoms with Gasteiger partial charge < -0.3 is 4.42 Å². The van der Waals surface area contributed by atoms with Crippen LogP contribution in [0.4, 0.5) is 0 Å². The molecule has 3 nitrogen and oxygen atoms in total. The van der Waals surface area contributed by atoms with Crippen LogP contribution in [0.25, 0.3) is 92.0 Å². The molecule has 0 radical (unpaired) electrons. The first-order valence-electron chi connectivity index (χ1n) is 20.5. The Hall–Kier alpha value is -7.66. The highest BCUT2D eigenvalue weighted by Gasteiger charge is 2.22. The number of hydrogen-bond acceptors (Lipinski definition) is 3. The first-order valence-corrected chi connectivity index (χ1v) is 21.3. The Balaban J connectivity index is 1.13. The smallest absolute Gasteiger partial charge is 0.160 e. The van der Waals surface area contributed by atoms with Crippen molar-refractivity contribution < 1.29 is 4.42 Å². The molecule has 0 atom stereocenters. The molecule has 11 aromatic rings. The molecule has 0 aliphatic carbocycles. The molecular weight excluding hydrogens is 761 g/mol. The number of benzene rings is 9. The first-order chi connectivity index (χ1) is 30.1. The van der Waals surface area contributed by atoms with Crippen molar-refractivity contribution in [3.63, 3.8) is 0 Å². The summed E-state index contributed by atoms with van der Waals surface area (Å²) in [5, 5.41) is 6.59. The van der Waals surface area contributed by atoms with E-state index in [1.54, 1.807) is 0 Å². The molecule has 61 heavy (non-hydrogen) atoms. The van der Waals surface area contributed by atoms with Crippen molar-refractivity contribution in [2.45, 2.75) is 6.92 Å². The van der Waals surface area contributed by atoms with Gasteiger partial charge in [0.1, 0.15) is 11.2 Å². The van der Waals surface area contributed by atoms with Gasteiger partial charge in [0.05, 0.1) is 5.70 Å². The summed E-state index contributed by atoms with van der Waals surface area (Å²) in [6.45, 7) is 6.58. The maximum Gasteiger partial charge on any atom is 0.160 e. The van der Waals surface area contributed by atoms with Crippen LogP contribution in [0.5, 0.6) is 0 Å². The Kier molecular flexibility index (Phi) is 9.06. The Bertz CT molecular complexity index is 3540. The Morgan fingerprint density at radius 2 is 1.08 bits per heavy atom. The Morgan fingerprint density at radius 1 is 0.475 bits per heavy atom. The van der Waals surface area contributed by atoms with E-state index in [2.05, 4.69) is 177 Å². The fraction of sp³-hybridized carbons (Fsp3) is 0.0175. The largest absolute Gasteiger partial charge is 0.455 e. The summed E-state index contributed by atoms with van der Waals surface area (Å²) in [7, 11) is 0. The number of nitrogens with zero attached hydrogens (tertiary/aromatic N) is 2. The molecule has 0 bridgehead atoms. The number of fused-ring (bicyclic) bond motifs is 8. The van der Waals surface area contributed by atoms with Crippen LogP contribution in [-0.2, 0) is 0 Å². The lowest BCUT2D eigenvalue weighted by Gasteiger charge is -2.13. The number of hydrogen-bond donors (Lipinski definition) is 0. The van der Waals surface area contributed by atoms with E-state index in [0.29, 0.717) is 11.5 Å². The van der Waals surface area contributed by atoms with Gasteiger partial charge in [-0.05, 0) is 52.3 Å². The van der Waals surface area contributed by atoms with Crippen LogP contribution in [0.1, 0.15) is 23.6 Å².